The molecule has 1 heterocycles. The highest BCUT2D eigenvalue weighted by Crippen LogP contribution is 2.38. The molecule has 220 valence electrons. The van der Waals surface area contributed by atoms with Crippen LogP contribution >= 0.6 is 22.6 Å². The van der Waals surface area contributed by atoms with Gasteiger partial charge in [0.1, 0.15) is 18.5 Å². The van der Waals surface area contributed by atoms with Gasteiger partial charge in [0, 0.05) is 36.8 Å². The number of benzene rings is 1. The molecular weight excluding hydrogens is 631 g/mol. The molecule has 1 unspecified atom stereocenters. The summed E-state index contributed by atoms with van der Waals surface area (Å²) < 4.78 is 18.0. The zero-order valence-corrected chi connectivity index (χ0v) is 25.0. The maximum atomic E-state index is 14.0. The minimum atomic E-state index is -1.13. The molecule has 4 atom stereocenters. The number of carbonyl (C=O) groups excluding carboxylic acids is 3. The fourth-order valence-electron chi connectivity index (χ4n) is 5.90. The summed E-state index contributed by atoms with van der Waals surface area (Å²) in [4.78, 5) is 40.4. The van der Waals surface area contributed by atoms with Crippen LogP contribution in [0, 0.1) is 9.49 Å². The number of aldehydes is 1. The second-order valence-electron chi connectivity index (χ2n) is 10.6. The minimum Gasteiger partial charge on any atom is -0.493 e. The number of aliphatic hydroxyl groups is 2. The first-order valence-corrected chi connectivity index (χ1v) is 15.1. The lowest BCUT2D eigenvalue weighted by atomic mass is 9.85. The zero-order valence-electron chi connectivity index (χ0n) is 22.9. The van der Waals surface area contributed by atoms with Crippen molar-refractivity contribution in [1.82, 2.24) is 10.2 Å². The first-order chi connectivity index (χ1) is 19.4. The molecule has 2 fully saturated rings. The normalized spacial score (nSPS) is 25.4. The summed E-state index contributed by atoms with van der Waals surface area (Å²) in [6, 6.07) is 2.45. The van der Waals surface area contributed by atoms with Crippen molar-refractivity contribution in [2.45, 2.75) is 75.7 Å². The number of hydrogen-bond donors (Lipinski definition) is 3. The number of ether oxygens (including phenoxy) is 3. The molecule has 1 aromatic carbocycles. The number of methoxy groups -OCH3 is 1. The van der Waals surface area contributed by atoms with E-state index in [1.165, 1.54) is 7.11 Å². The molecule has 1 saturated heterocycles. The van der Waals surface area contributed by atoms with Crippen molar-refractivity contribution >= 4 is 40.7 Å². The SMILES string of the molecule is COc1cc(C=O)cc(I)c1O[C@H]1C=C(C(=O)NCCO)C[C@@H](N(C(=O)C2CCOC2)C2CCCCCC2)[C@@H]1O. The molecular formula is C29H39IN2O8. The number of carbonyl (C=O) groups is 3. The van der Waals surface area contributed by atoms with Crippen LogP contribution in [-0.4, -0.2) is 91.0 Å². The van der Waals surface area contributed by atoms with Gasteiger partial charge in [0.2, 0.25) is 11.8 Å². The van der Waals surface area contributed by atoms with Crippen molar-refractivity contribution in [1.29, 1.82) is 0 Å². The highest BCUT2D eigenvalue weighted by Gasteiger charge is 2.45. The molecule has 1 saturated carbocycles. The van der Waals surface area contributed by atoms with Gasteiger partial charge in [-0.3, -0.25) is 14.4 Å². The lowest BCUT2D eigenvalue weighted by Gasteiger charge is -2.45. The molecule has 0 radical (unpaired) electrons. The van der Waals surface area contributed by atoms with E-state index in [4.69, 9.17) is 14.2 Å². The van der Waals surface area contributed by atoms with Gasteiger partial charge >= 0.3 is 0 Å². The Labute approximate surface area is 248 Å². The molecule has 4 rings (SSSR count). The van der Waals surface area contributed by atoms with Crippen LogP contribution in [0.4, 0.5) is 0 Å². The Bertz CT molecular complexity index is 1080. The predicted molar refractivity (Wildman–Crippen MR) is 155 cm³/mol. The summed E-state index contributed by atoms with van der Waals surface area (Å²) in [6.07, 6.45) is 6.86. The Balaban J connectivity index is 1.72. The van der Waals surface area contributed by atoms with E-state index in [9.17, 15) is 24.6 Å². The molecule has 0 bridgehead atoms. The average Bonchev–Trinajstić information content (AvgIpc) is 3.38. The first kappa shape index (κ1) is 30.7. The summed E-state index contributed by atoms with van der Waals surface area (Å²) in [5.41, 5.74) is 0.792. The second-order valence-corrected chi connectivity index (χ2v) is 11.8. The molecule has 1 aliphatic heterocycles. The van der Waals surface area contributed by atoms with Crippen molar-refractivity contribution in [2.75, 3.05) is 33.5 Å². The van der Waals surface area contributed by atoms with Crippen LogP contribution < -0.4 is 14.8 Å². The summed E-state index contributed by atoms with van der Waals surface area (Å²) in [7, 11) is 1.46. The quantitative estimate of drug-likeness (QED) is 0.197. The van der Waals surface area contributed by atoms with E-state index in [2.05, 4.69) is 5.32 Å². The highest BCUT2D eigenvalue weighted by atomic mass is 127. The van der Waals surface area contributed by atoms with E-state index in [1.807, 2.05) is 27.5 Å². The summed E-state index contributed by atoms with van der Waals surface area (Å²) in [6.45, 7) is 0.747. The van der Waals surface area contributed by atoms with Crippen LogP contribution in [-0.2, 0) is 14.3 Å². The van der Waals surface area contributed by atoms with E-state index in [1.54, 1.807) is 18.2 Å². The minimum absolute atomic E-state index is 0.0493. The molecule has 2 amide bonds. The van der Waals surface area contributed by atoms with Crippen LogP contribution in [0.3, 0.4) is 0 Å². The third-order valence-electron chi connectivity index (χ3n) is 7.96. The number of amides is 2. The fraction of sp³-hybridized carbons (Fsp3) is 0.621. The fourth-order valence-corrected chi connectivity index (χ4v) is 6.65. The van der Waals surface area contributed by atoms with Crippen molar-refractivity contribution in [3.05, 3.63) is 32.9 Å². The third-order valence-corrected chi connectivity index (χ3v) is 8.77. The van der Waals surface area contributed by atoms with E-state index in [0.29, 0.717) is 52.1 Å². The zero-order chi connectivity index (χ0) is 28.6. The molecule has 11 heteroatoms. The van der Waals surface area contributed by atoms with Crippen molar-refractivity contribution in [3.8, 4) is 11.5 Å². The van der Waals surface area contributed by atoms with Gasteiger partial charge in [-0.15, -0.1) is 0 Å². The molecule has 3 aliphatic rings. The number of hydrogen-bond acceptors (Lipinski definition) is 8. The Hall–Kier alpha value is -2.22. The van der Waals surface area contributed by atoms with Gasteiger partial charge < -0.3 is 34.6 Å². The number of halogens is 1. The average molecular weight is 671 g/mol. The second kappa shape index (κ2) is 14.6. The number of nitrogens with zero attached hydrogens (tertiary/aromatic N) is 1. The van der Waals surface area contributed by atoms with Crippen molar-refractivity contribution in [3.63, 3.8) is 0 Å². The van der Waals surface area contributed by atoms with E-state index >= 15 is 0 Å². The summed E-state index contributed by atoms with van der Waals surface area (Å²) >= 11 is 2.04. The smallest absolute Gasteiger partial charge is 0.247 e. The number of rotatable bonds is 10. The van der Waals surface area contributed by atoms with Crippen LogP contribution in [0.1, 0.15) is 61.7 Å². The monoisotopic (exact) mass is 670 g/mol. The van der Waals surface area contributed by atoms with E-state index in [-0.39, 0.29) is 43.3 Å². The number of aliphatic hydroxyl groups excluding tert-OH is 2. The maximum absolute atomic E-state index is 14.0. The van der Waals surface area contributed by atoms with Gasteiger partial charge in [0.25, 0.3) is 0 Å². The molecule has 2 aliphatic carbocycles. The summed E-state index contributed by atoms with van der Waals surface area (Å²) in [5, 5.41) is 23.8. The molecule has 0 spiro atoms. The predicted octanol–water partition coefficient (Wildman–Crippen LogP) is 2.62. The third kappa shape index (κ3) is 7.15. The summed E-state index contributed by atoms with van der Waals surface area (Å²) in [5.74, 6) is -0.0601. The van der Waals surface area contributed by atoms with Gasteiger partial charge in [-0.05, 0) is 60.1 Å². The number of nitrogens with one attached hydrogen (secondary N) is 1. The highest BCUT2D eigenvalue weighted by molar-refractivity contribution is 14.1. The van der Waals surface area contributed by atoms with Crippen LogP contribution in [0.2, 0.25) is 0 Å². The van der Waals surface area contributed by atoms with Gasteiger partial charge in [-0.2, -0.15) is 0 Å². The van der Waals surface area contributed by atoms with Crippen molar-refractivity contribution < 1.29 is 38.8 Å². The Morgan fingerprint density at radius 3 is 2.58 bits per heavy atom. The Kier molecular flexibility index (Phi) is 11.2. The maximum Gasteiger partial charge on any atom is 0.247 e. The first-order valence-electron chi connectivity index (χ1n) is 14.0. The standard InChI is InChI=1S/C29H39IN2O8/c1-38-25-13-18(16-34)12-22(30)27(25)40-24-15-20(28(36)31-9-10-33)14-23(26(24)35)32(21-6-4-2-3-5-7-21)29(37)19-8-11-39-17-19/h12-13,15-16,19,21,23-24,26,33,35H,2-11,14,17H2,1H3,(H,31,36)/t19?,23-,24+,26+/m1/s1. The topological polar surface area (TPSA) is 135 Å². The Morgan fingerprint density at radius 1 is 1.20 bits per heavy atom. The van der Waals surface area contributed by atoms with Crippen LogP contribution in [0.25, 0.3) is 0 Å². The molecule has 40 heavy (non-hydrogen) atoms. The van der Waals surface area contributed by atoms with E-state index < -0.39 is 18.2 Å². The van der Waals surface area contributed by atoms with E-state index in [0.717, 1.165) is 38.5 Å². The van der Waals surface area contributed by atoms with Crippen LogP contribution in [0.5, 0.6) is 11.5 Å². The lowest BCUT2D eigenvalue weighted by Crippen LogP contribution is -2.59. The van der Waals surface area contributed by atoms with Crippen LogP contribution in [0.15, 0.2) is 23.8 Å². The van der Waals surface area contributed by atoms with Crippen molar-refractivity contribution in [2.24, 2.45) is 5.92 Å². The van der Waals surface area contributed by atoms with Gasteiger partial charge in [-0.25, -0.2) is 0 Å². The molecule has 1 aromatic rings. The molecule has 0 aromatic heterocycles. The van der Waals surface area contributed by atoms with Gasteiger partial charge in [-0.1, -0.05) is 25.7 Å². The molecule has 3 N–H and O–H groups in total. The molecule has 10 nitrogen and oxygen atoms in total. The van der Waals surface area contributed by atoms with Gasteiger partial charge in [0.15, 0.2) is 11.5 Å². The lowest BCUT2D eigenvalue weighted by molar-refractivity contribution is -0.147. The largest absolute Gasteiger partial charge is 0.493 e. The Morgan fingerprint density at radius 2 is 1.95 bits per heavy atom. The van der Waals surface area contributed by atoms with Gasteiger partial charge in [0.05, 0.1) is 35.9 Å².